The number of amidine groups is 1. The number of carbonyl (C=O) groups excluding carboxylic acids is 1. The van der Waals surface area contributed by atoms with E-state index in [1.807, 2.05) is 6.07 Å². The lowest BCUT2D eigenvalue weighted by Crippen LogP contribution is -2.23. The number of carbonyl (C=O) groups is 1. The van der Waals surface area contributed by atoms with E-state index in [-0.39, 0.29) is 11.8 Å². The van der Waals surface area contributed by atoms with Crippen LogP contribution >= 0.6 is 0 Å². The van der Waals surface area contributed by atoms with Crippen LogP contribution in [0.5, 0.6) is 0 Å². The summed E-state index contributed by atoms with van der Waals surface area (Å²) in [6, 6.07) is 12.6. The minimum atomic E-state index is -0.652. The highest BCUT2D eigenvalue weighted by atomic mass is 16.5. The number of methoxy groups -OCH3 is 1. The molecular formula is C23H28N4O2. The van der Waals surface area contributed by atoms with Crippen LogP contribution in [0.2, 0.25) is 0 Å². The van der Waals surface area contributed by atoms with Gasteiger partial charge in [0.2, 0.25) is 0 Å². The summed E-state index contributed by atoms with van der Waals surface area (Å²) in [5, 5.41) is 10.8. The molecule has 0 aliphatic carbocycles. The van der Waals surface area contributed by atoms with E-state index in [4.69, 9.17) is 15.9 Å². The second-order valence-electron chi connectivity index (χ2n) is 7.29. The Hall–Kier alpha value is -3.12. The maximum absolute atomic E-state index is 12.6. The van der Waals surface area contributed by atoms with Crippen LogP contribution in [0.4, 0.5) is 5.69 Å². The highest BCUT2D eigenvalue weighted by molar-refractivity contribution is 5.95. The van der Waals surface area contributed by atoms with Crippen molar-refractivity contribution < 1.29 is 9.53 Å². The summed E-state index contributed by atoms with van der Waals surface area (Å²) in [5.41, 5.74) is 9.85. The van der Waals surface area contributed by atoms with E-state index in [0.29, 0.717) is 5.56 Å². The molecule has 1 atom stereocenters. The van der Waals surface area contributed by atoms with Crippen molar-refractivity contribution in [3.05, 3.63) is 71.3 Å². The molecule has 2 aromatic carbocycles. The standard InChI is InChI=1S/C23H28N4O2/c1-3-16-12-17(15-27-10-4-5-11-27)14-19(13-16)21(23(28)29-2)26-20-8-6-18(7-9-20)22(24)25/h3,6-9,12-14,21,26H,1,4-5,10-11,15H2,2H3,(H3,24,25). The number of likely N-dealkylation sites (tertiary alicyclic amines) is 1. The molecule has 1 heterocycles. The van der Waals surface area contributed by atoms with Crippen LogP contribution in [0.1, 0.15) is 41.1 Å². The Morgan fingerprint density at radius 3 is 2.55 bits per heavy atom. The summed E-state index contributed by atoms with van der Waals surface area (Å²) in [4.78, 5) is 15.0. The topological polar surface area (TPSA) is 91.4 Å². The molecule has 4 N–H and O–H groups in total. The third kappa shape index (κ3) is 5.23. The fourth-order valence-corrected chi connectivity index (χ4v) is 3.63. The normalized spacial score (nSPS) is 14.9. The largest absolute Gasteiger partial charge is 0.467 e. The molecule has 0 bridgehead atoms. The van der Waals surface area contributed by atoms with E-state index in [2.05, 4.69) is 28.9 Å². The SMILES string of the molecule is C=Cc1cc(CN2CCCC2)cc(C(Nc2ccc(C(=N)N)cc2)C(=O)OC)c1. The quantitative estimate of drug-likeness (QED) is 0.363. The van der Waals surface area contributed by atoms with Crippen LogP contribution in [0.25, 0.3) is 6.08 Å². The molecule has 1 saturated heterocycles. The molecule has 29 heavy (non-hydrogen) atoms. The number of nitrogens with two attached hydrogens (primary N) is 1. The van der Waals surface area contributed by atoms with Gasteiger partial charge < -0.3 is 15.8 Å². The fourth-order valence-electron chi connectivity index (χ4n) is 3.63. The molecule has 1 fully saturated rings. The summed E-state index contributed by atoms with van der Waals surface area (Å²) >= 11 is 0. The average molecular weight is 393 g/mol. The third-order valence-corrected chi connectivity index (χ3v) is 5.16. The Morgan fingerprint density at radius 2 is 1.97 bits per heavy atom. The number of nitrogens with one attached hydrogen (secondary N) is 2. The minimum Gasteiger partial charge on any atom is -0.467 e. The summed E-state index contributed by atoms with van der Waals surface area (Å²) in [7, 11) is 1.39. The molecular weight excluding hydrogens is 364 g/mol. The predicted molar refractivity (Wildman–Crippen MR) is 117 cm³/mol. The molecule has 0 radical (unpaired) electrons. The maximum atomic E-state index is 12.6. The Labute approximate surface area is 171 Å². The summed E-state index contributed by atoms with van der Waals surface area (Å²) in [6.45, 7) is 6.97. The van der Waals surface area contributed by atoms with Crippen LogP contribution in [0.3, 0.4) is 0 Å². The highest BCUT2D eigenvalue weighted by Gasteiger charge is 2.23. The van der Waals surface area contributed by atoms with Gasteiger partial charge in [-0.3, -0.25) is 10.3 Å². The van der Waals surface area contributed by atoms with Crippen molar-refractivity contribution in [2.24, 2.45) is 5.73 Å². The average Bonchev–Trinajstić information content (AvgIpc) is 3.24. The van der Waals surface area contributed by atoms with E-state index >= 15 is 0 Å². The highest BCUT2D eigenvalue weighted by Crippen LogP contribution is 2.25. The molecule has 1 aliphatic rings. The summed E-state index contributed by atoms with van der Waals surface area (Å²) in [5.74, 6) is -0.361. The maximum Gasteiger partial charge on any atom is 0.332 e. The molecule has 3 rings (SSSR count). The van der Waals surface area contributed by atoms with Gasteiger partial charge >= 0.3 is 5.97 Å². The predicted octanol–water partition coefficient (Wildman–Crippen LogP) is 3.54. The van der Waals surface area contributed by atoms with Gasteiger partial charge in [0, 0.05) is 17.8 Å². The zero-order valence-corrected chi connectivity index (χ0v) is 16.8. The van der Waals surface area contributed by atoms with Crippen molar-refractivity contribution in [1.82, 2.24) is 4.90 Å². The first-order valence-electron chi connectivity index (χ1n) is 9.77. The number of ether oxygens (including phenoxy) is 1. The van der Waals surface area contributed by atoms with Crippen LogP contribution in [0.15, 0.2) is 49.0 Å². The van der Waals surface area contributed by atoms with Crippen LogP contribution in [-0.4, -0.2) is 36.9 Å². The van der Waals surface area contributed by atoms with Crippen molar-refractivity contribution in [2.45, 2.75) is 25.4 Å². The van der Waals surface area contributed by atoms with Crippen molar-refractivity contribution in [2.75, 3.05) is 25.5 Å². The van der Waals surface area contributed by atoms with Gasteiger partial charge in [-0.15, -0.1) is 0 Å². The first-order valence-corrected chi connectivity index (χ1v) is 9.77. The molecule has 0 aromatic heterocycles. The van der Waals surface area contributed by atoms with Gasteiger partial charge in [0.05, 0.1) is 7.11 Å². The number of esters is 1. The second kappa shape index (κ2) is 9.39. The van der Waals surface area contributed by atoms with Gasteiger partial charge in [-0.1, -0.05) is 24.8 Å². The number of hydrogen-bond acceptors (Lipinski definition) is 5. The Morgan fingerprint density at radius 1 is 1.28 bits per heavy atom. The molecule has 6 nitrogen and oxygen atoms in total. The summed E-state index contributed by atoms with van der Waals surface area (Å²) in [6.07, 6.45) is 4.26. The number of anilines is 1. The minimum absolute atomic E-state index is 0.00584. The zero-order valence-electron chi connectivity index (χ0n) is 16.8. The van der Waals surface area contributed by atoms with Crippen molar-refractivity contribution in [3.63, 3.8) is 0 Å². The van der Waals surface area contributed by atoms with E-state index in [0.717, 1.165) is 42.0 Å². The number of rotatable bonds is 8. The molecule has 152 valence electrons. The van der Waals surface area contributed by atoms with Gasteiger partial charge in [0.25, 0.3) is 0 Å². The third-order valence-electron chi connectivity index (χ3n) is 5.16. The molecule has 0 saturated carbocycles. The summed E-state index contributed by atoms with van der Waals surface area (Å²) < 4.78 is 5.06. The first kappa shape index (κ1) is 20.6. The van der Waals surface area contributed by atoms with E-state index < -0.39 is 6.04 Å². The van der Waals surface area contributed by atoms with Gasteiger partial charge in [-0.25, -0.2) is 4.79 Å². The molecule has 6 heteroatoms. The van der Waals surface area contributed by atoms with Crippen LogP contribution < -0.4 is 11.1 Å². The number of nitrogen functional groups attached to an aromatic ring is 1. The lowest BCUT2D eigenvalue weighted by atomic mass is 9.99. The van der Waals surface area contributed by atoms with Crippen LogP contribution in [-0.2, 0) is 16.1 Å². The van der Waals surface area contributed by atoms with E-state index in [9.17, 15) is 4.79 Å². The Kier molecular flexibility index (Phi) is 6.67. The Bertz CT molecular complexity index is 886. The molecule has 1 aliphatic heterocycles. The number of nitrogens with zero attached hydrogens (tertiary/aromatic N) is 1. The van der Waals surface area contributed by atoms with Gasteiger partial charge in [0.1, 0.15) is 5.84 Å². The van der Waals surface area contributed by atoms with E-state index in [1.165, 1.54) is 20.0 Å². The van der Waals surface area contributed by atoms with E-state index in [1.54, 1.807) is 30.3 Å². The fraction of sp³-hybridized carbons (Fsp3) is 0.304. The lowest BCUT2D eigenvalue weighted by molar-refractivity contribution is -0.141. The number of hydrogen-bond donors (Lipinski definition) is 3. The molecule has 0 spiro atoms. The second-order valence-corrected chi connectivity index (χ2v) is 7.29. The van der Waals surface area contributed by atoms with Crippen molar-refractivity contribution in [1.29, 1.82) is 5.41 Å². The molecule has 2 aromatic rings. The molecule has 1 unspecified atom stereocenters. The monoisotopic (exact) mass is 392 g/mol. The van der Waals surface area contributed by atoms with Gasteiger partial charge in [-0.2, -0.15) is 0 Å². The van der Waals surface area contributed by atoms with Crippen molar-refractivity contribution >= 4 is 23.6 Å². The van der Waals surface area contributed by atoms with Gasteiger partial charge in [-0.05, 0) is 73.0 Å². The lowest BCUT2D eigenvalue weighted by Gasteiger charge is -2.21. The van der Waals surface area contributed by atoms with Crippen molar-refractivity contribution in [3.8, 4) is 0 Å². The van der Waals surface area contributed by atoms with Crippen LogP contribution in [0, 0.1) is 5.41 Å². The van der Waals surface area contributed by atoms with Gasteiger partial charge in [0.15, 0.2) is 6.04 Å². The zero-order chi connectivity index (χ0) is 20.8. The Balaban J connectivity index is 1.89. The smallest absolute Gasteiger partial charge is 0.332 e. The molecule has 0 amide bonds. The number of benzene rings is 2. The first-order chi connectivity index (χ1) is 14.0.